The first kappa shape index (κ1) is 14.1. The van der Waals surface area contributed by atoms with E-state index < -0.39 is 0 Å². The Morgan fingerprint density at radius 3 is 2.84 bits per heavy atom. The molecule has 5 heteroatoms. The third-order valence-corrected chi connectivity index (χ3v) is 4.43. The van der Waals surface area contributed by atoms with Crippen LogP contribution in [0.15, 0.2) is 18.2 Å². The summed E-state index contributed by atoms with van der Waals surface area (Å²) in [5.74, 6) is 3.56. The van der Waals surface area contributed by atoms with Crippen molar-refractivity contribution in [3.63, 3.8) is 0 Å². The number of rotatable bonds is 4. The van der Waals surface area contributed by atoms with Gasteiger partial charge in [0, 0.05) is 12.1 Å². The van der Waals surface area contributed by atoms with E-state index in [-0.39, 0.29) is 5.91 Å². The van der Waals surface area contributed by atoms with Crippen LogP contribution in [-0.2, 0) is 0 Å². The van der Waals surface area contributed by atoms with Gasteiger partial charge in [0.05, 0.1) is 12.8 Å². The number of methoxy groups -OCH3 is 1. The lowest BCUT2D eigenvalue weighted by Gasteiger charge is -2.21. The Bertz CT molecular complexity index is 445. The number of hydrogen-bond acceptors (Lipinski definition) is 4. The molecular weight excluding hydrogens is 260 g/mol. The predicted octanol–water partition coefficient (Wildman–Crippen LogP) is 2.15. The number of hydrogen-bond donors (Lipinski definition) is 2. The molecule has 3 N–H and O–H groups in total. The van der Waals surface area contributed by atoms with Crippen LogP contribution in [-0.4, -0.2) is 31.1 Å². The van der Waals surface area contributed by atoms with E-state index >= 15 is 0 Å². The maximum Gasteiger partial charge on any atom is 0.251 e. The van der Waals surface area contributed by atoms with E-state index in [4.69, 9.17) is 10.5 Å². The molecule has 0 atom stereocenters. The third kappa shape index (κ3) is 3.80. The quantitative estimate of drug-likeness (QED) is 0.830. The Labute approximate surface area is 118 Å². The predicted molar refractivity (Wildman–Crippen MR) is 79.8 cm³/mol. The molecule has 0 aromatic heterocycles. The van der Waals surface area contributed by atoms with Gasteiger partial charge in [0.25, 0.3) is 5.91 Å². The van der Waals surface area contributed by atoms with Crippen molar-refractivity contribution in [2.45, 2.75) is 12.8 Å². The van der Waals surface area contributed by atoms with E-state index in [1.54, 1.807) is 25.3 Å². The minimum absolute atomic E-state index is 0.0624. The second kappa shape index (κ2) is 6.70. The smallest absolute Gasteiger partial charge is 0.251 e. The number of nitrogen functional groups attached to an aromatic ring is 1. The van der Waals surface area contributed by atoms with Crippen LogP contribution in [0.4, 0.5) is 5.69 Å². The molecule has 0 unspecified atom stereocenters. The number of carbonyl (C=O) groups excluding carboxylic acids is 1. The van der Waals surface area contributed by atoms with Crippen molar-refractivity contribution in [2.24, 2.45) is 5.92 Å². The van der Waals surface area contributed by atoms with Gasteiger partial charge in [0.2, 0.25) is 0 Å². The summed E-state index contributed by atoms with van der Waals surface area (Å²) in [4.78, 5) is 12.0. The largest absolute Gasteiger partial charge is 0.495 e. The maximum absolute atomic E-state index is 12.0. The molecule has 1 amide bonds. The van der Waals surface area contributed by atoms with E-state index in [0.29, 0.717) is 22.9 Å². The molecular formula is C14H20N2O2S. The van der Waals surface area contributed by atoms with Crippen molar-refractivity contribution in [1.29, 1.82) is 0 Å². The zero-order valence-electron chi connectivity index (χ0n) is 11.1. The van der Waals surface area contributed by atoms with Crippen LogP contribution in [0, 0.1) is 5.92 Å². The second-order valence-electron chi connectivity index (χ2n) is 4.72. The minimum Gasteiger partial charge on any atom is -0.495 e. The van der Waals surface area contributed by atoms with Crippen LogP contribution >= 0.6 is 11.8 Å². The molecule has 1 aliphatic heterocycles. The Hall–Kier alpha value is -1.36. The van der Waals surface area contributed by atoms with E-state index in [1.807, 2.05) is 11.8 Å². The van der Waals surface area contributed by atoms with E-state index in [0.717, 1.165) is 6.54 Å². The molecule has 2 rings (SSSR count). The zero-order valence-corrected chi connectivity index (χ0v) is 12.0. The number of amides is 1. The summed E-state index contributed by atoms with van der Waals surface area (Å²) in [6.45, 7) is 0.755. The van der Waals surface area contributed by atoms with Gasteiger partial charge in [0.15, 0.2) is 0 Å². The molecule has 19 heavy (non-hydrogen) atoms. The van der Waals surface area contributed by atoms with Gasteiger partial charge in [-0.1, -0.05) is 0 Å². The molecule has 0 spiro atoms. The molecule has 4 nitrogen and oxygen atoms in total. The normalized spacial score (nSPS) is 16.1. The summed E-state index contributed by atoms with van der Waals surface area (Å²) in [6, 6.07) is 5.12. The topological polar surface area (TPSA) is 64.3 Å². The molecule has 0 bridgehead atoms. The molecule has 0 aliphatic carbocycles. The lowest BCUT2D eigenvalue weighted by Crippen LogP contribution is -2.31. The fourth-order valence-corrected chi connectivity index (χ4v) is 3.37. The van der Waals surface area contributed by atoms with Crippen LogP contribution in [0.1, 0.15) is 23.2 Å². The van der Waals surface area contributed by atoms with Crippen molar-refractivity contribution in [2.75, 3.05) is 30.9 Å². The van der Waals surface area contributed by atoms with Crippen molar-refractivity contribution >= 4 is 23.4 Å². The van der Waals surface area contributed by atoms with E-state index in [2.05, 4.69) is 5.32 Å². The molecule has 0 saturated carbocycles. The number of nitrogens with two attached hydrogens (primary N) is 1. The van der Waals surface area contributed by atoms with Crippen LogP contribution in [0.2, 0.25) is 0 Å². The molecule has 1 fully saturated rings. The summed E-state index contributed by atoms with van der Waals surface area (Å²) in [6.07, 6.45) is 2.38. The van der Waals surface area contributed by atoms with Crippen molar-refractivity contribution in [3.05, 3.63) is 23.8 Å². The van der Waals surface area contributed by atoms with Crippen LogP contribution in [0.3, 0.4) is 0 Å². The van der Waals surface area contributed by atoms with Gasteiger partial charge < -0.3 is 15.8 Å². The molecule has 1 aromatic rings. The number of carbonyl (C=O) groups is 1. The van der Waals surface area contributed by atoms with E-state index in [1.165, 1.54) is 24.3 Å². The van der Waals surface area contributed by atoms with E-state index in [9.17, 15) is 4.79 Å². The SMILES string of the molecule is COc1ccc(C(=O)NCC2CCSCC2)cc1N. The number of thioether (sulfide) groups is 1. The van der Waals surface area contributed by atoms with Crippen molar-refractivity contribution < 1.29 is 9.53 Å². The highest BCUT2D eigenvalue weighted by Crippen LogP contribution is 2.23. The first-order chi connectivity index (χ1) is 9.20. The highest BCUT2D eigenvalue weighted by molar-refractivity contribution is 7.99. The molecule has 0 radical (unpaired) electrons. The monoisotopic (exact) mass is 280 g/mol. The Balaban J connectivity index is 1.90. The van der Waals surface area contributed by atoms with Crippen LogP contribution < -0.4 is 15.8 Å². The van der Waals surface area contributed by atoms with Crippen LogP contribution in [0.25, 0.3) is 0 Å². The summed E-state index contributed by atoms with van der Waals surface area (Å²) < 4.78 is 5.08. The molecule has 1 aliphatic rings. The van der Waals surface area contributed by atoms with Gasteiger partial charge in [-0.2, -0.15) is 11.8 Å². The zero-order chi connectivity index (χ0) is 13.7. The second-order valence-corrected chi connectivity index (χ2v) is 5.95. The van der Waals surface area contributed by atoms with Crippen molar-refractivity contribution in [3.8, 4) is 5.75 Å². The number of benzene rings is 1. The van der Waals surface area contributed by atoms with Crippen molar-refractivity contribution in [1.82, 2.24) is 5.32 Å². The first-order valence-electron chi connectivity index (χ1n) is 6.50. The Kier molecular flexibility index (Phi) is 4.96. The highest BCUT2D eigenvalue weighted by atomic mass is 32.2. The Morgan fingerprint density at radius 2 is 2.21 bits per heavy atom. The molecule has 1 aromatic carbocycles. The summed E-state index contributed by atoms with van der Waals surface area (Å²) in [5, 5.41) is 2.99. The molecule has 1 saturated heterocycles. The van der Waals surface area contributed by atoms with Crippen LogP contribution in [0.5, 0.6) is 5.75 Å². The lowest BCUT2D eigenvalue weighted by atomic mass is 10.0. The van der Waals surface area contributed by atoms with Gasteiger partial charge in [-0.25, -0.2) is 0 Å². The molecule has 1 heterocycles. The average molecular weight is 280 g/mol. The summed E-state index contributed by atoms with van der Waals surface area (Å²) in [7, 11) is 1.56. The summed E-state index contributed by atoms with van der Waals surface area (Å²) >= 11 is 1.99. The van der Waals surface area contributed by atoms with Gasteiger partial charge in [-0.15, -0.1) is 0 Å². The maximum atomic E-state index is 12.0. The summed E-state index contributed by atoms with van der Waals surface area (Å²) in [5.41, 5.74) is 6.88. The highest BCUT2D eigenvalue weighted by Gasteiger charge is 2.15. The Morgan fingerprint density at radius 1 is 1.47 bits per heavy atom. The third-order valence-electron chi connectivity index (χ3n) is 3.38. The lowest BCUT2D eigenvalue weighted by molar-refractivity contribution is 0.0946. The van der Waals surface area contributed by atoms with Gasteiger partial charge in [-0.3, -0.25) is 4.79 Å². The number of ether oxygens (including phenoxy) is 1. The molecule has 104 valence electrons. The van der Waals surface area contributed by atoms with Gasteiger partial charge in [-0.05, 0) is 48.5 Å². The van der Waals surface area contributed by atoms with Gasteiger partial charge in [0.1, 0.15) is 5.75 Å². The fourth-order valence-electron chi connectivity index (χ4n) is 2.17. The average Bonchev–Trinajstić information content (AvgIpc) is 2.45. The number of anilines is 1. The fraction of sp³-hybridized carbons (Fsp3) is 0.500. The standard InChI is InChI=1S/C14H20N2O2S/c1-18-13-3-2-11(8-12(13)15)14(17)16-9-10-4-6-19-7-5-10/h2-3,8,10H,4-7,9,15H2,1H3,(H,16,17). The number of nitrogens with one attached hydrogen (secondary N) is 1. The minimum atomic E-state index is -0.0624. The van der Waals surface area contributed by atoms with Gasteiger partial charge >= 0.3 is 0 Å². The first-order valence-corrected chi connectivity index (χ1v) is 7.65.